The van der Waals surface area contributed by atoms with Gasteiger partial charge < -0.3 is 5.11 Å². The van der Waals surface area contributed by atoms with Gasteiger partial charge in [0.05, 0.1) is 0 Å². The van der Waals surface area contributed by atoms with Gasteiger partial charge >= 0.3 is 5.97 Å². The van der Waals surface area contributed by atoms with E-state index in [0.29, 0.717) is 0 Å². The van der Waals surface area contributed by atoms with Gasteiger partial charge in [0.15, 0.2) is 0 Å². The maximum atomic E-state index is 13.2. The monoisotopic (exact) mass is 229 g/mol. The van der Waals surface area contributed by atoms with Crippen molar-refractivity contribution in [2.24, 2.45) is 0 Å². The molecule has 1 aromatic rings. The van der Waals surface area contributed by atoms with E-state index in [9.17, 15) is 13.6 Å². The van der Waals surface area contributed by atoms with Crippen LogP contribution in [0.15, 0.2) is 18.2 Å². The highest BCUT2D eigenvalue weighted by molar-refractivity contribution is 5.77. The third-order valence-corrected chi connectivity index (χ3v) is 2.27. The molecule has 0 fully saturated rings. The third kappa shape index (κ3) is 3.00. The van der Waals surface area contributed by atoms with Gasteiger partial charge in [-0.25, -0.2) is 8.78 Å². The van der Waals surface area contributed by atoms with Crippen LogP contribution in [0.2, 0.25) is 0 Å². The lowest BCUT2D eigenvalue weighted by molar-refractivity contribution is -0.143. The summed E-state index contributed by atoms with van der Waals surface area (Å²) in [4.78, 5) is 10.8. The van der Waals surface area contributed by atoms with Crippen molar-refractivity contribution in [1.29, 1.82) is 0 Å². The van der Waals surface area contributed by atoms with Crippen molar-refractivity contribution < 1.29 is 18.7 Å². The van der Waals surface area contributed by atoms with E-state index in [2.05, 4.69) is 5.32 Å². The van der Waals surface area contributed by atoms with Gasteiger partial charge in [0.2, 0.25) is 0 Å². The Morgan fingerprint density at radius 2 is 2.06 bits per heavy atom. The second-order valence-electron chi connectivity index (χ2n) is 4.02. The Balaban J connectivity index is 2.72. The summed E-state index contributed by atoms with van der Waals surface area (Å²) in [5.74, 6) is -2.37. The first-order valence-electron chi connectivity index (χ1n) is 4.75. The summed E-state index contributed by atoms with van der Waals surface area (Å²) in [6.45, 7) is 2.97. The van der Waals surface area contributed by atoms with E-state index in [1.165, 1.54) is 19.9 Å². The topological polar surface area (TPSA) is 49.3 Å². The van der Waals surface area contributed by atoms with Gasteiger partial charge in [0.1, 0.15) is 17.2 Å². The second-order valence-corrected chi connectivity index (χ2v) is 4.02. The molecule has 3 nitrogen and oxygen atoms in total. The van der Waals surface area contributed by atoms with Crippen LogP contribution in [-0.4, -0.2) is 16.6 Å². The zero-order valence-electron chi connectivity index (χ0n) is 9.05. The molecule has 0 aliphatic heterocycles. The highest BCUT2D eigenvalue weighted by atomic mass is 19.1. The molecular formula is C11H13F2NO2. The highest BCUT2D eigenvalue weighted by Crippen LogP contribution is 2.11. The maximum Gasteiger partial charge on any atom is 0.323 e. The van der Waals surface area contributed by atoms with Crippen molar-refractivity contribution in [2.75, 3.05) is 0 Å². The molecule has 0 unspecified atom stereocenters. The summed E-state index contributed by atoms with van der Waals surface area (Å²) in [5.41, 5.74) is -0.920. The Labute approximate surface area is 92.1 Å². The fraction of sp³-hybridized carbons (Fsp3) is 0.364. The molecule has 1 aromatic carbocycles. The fourth-order valence-corrected chi connectivity index (χ4v) is 1.06. The lowest BCUT2D eigenvalue weighted by Crippen LogP contribution is -2.46. The molecule has 5 heteroatoms. The number of rotatable bonds is 4. The van der Waals surface area contributed by atoms with Crippen LogP contribution in [0, 0.1) is 11.6 Å². The first-order chi connectivity index (χ1) is 7.33. The summed E-state index contributed by atoms with van der Waals surface area (Å²) in [7, 11) is 0. The normalized spacial score (nSPS) is 11.5. The van der Waals surface area contributed by atoms with Gasteiger partial charge in [0, 0.05) is 18.2 Å². The van der Waals surface area contributed by atoms with Crippen LogP contribution in [-0.2, 0) is 11.3 Å². The Morgan fingerprint density at radius 3 is 2.56 bits per heavy atom. The summed E-state index contributed by atoms with van der Waals surface area (Å²) in [6.07, 6.45) is 0. The Kier molecular flexibility index (Phi) is 3.59. The molecule has 1 rings (SSSR count). The summed E-state index contributed by atoms with van der Waals surface area (Å²) in [6, 6.07) is 3.19. The predicted octanol–water partition coefficient (Wildman–Crippen LogP) is 1.92. The van der Waals surface area contributed by atoms with Crippen LogP contribution in [0.1, 0.15) is 19.4 Å². The predicted molar refractivity (Wildman–Crippen MR) is 54.9 cm³/mol. The van der Waals surface area contributed by atoms with Gasteiger partial charge in [-0.05, 0) is 19.9 Å². The highest BCUT2D eigenvalue weighted by Gasteiger charge is 2.26. The average molecular weight is 229 g/mol. The van der Waals surface area contributed by atoms with E-state index < -0.39 is 23.1 Å². The number of hydrogen-bond acceptors (Lipinski definition) is 2. The standard InChI is InChI=1S/C11H13F2NO2/c1-11(2,10(15)16)14-6-7-3-4-8(12)5-9(7)13/h3-5,14H,6H2,1-2H3,(H,15,16). The molecule has 16 heavy (non-hydrogen) atoms. The quantitative estimate of drug-likeness (QED) is 0.829. The molecule has 0 bridgehead atoms. The summed E-state index contributed by atoms with van der Waals surface area (Å²) >= 11 is 0. The number of carboxylic acid groups (broad SMARTS) is 1. The van der Waals surface area contributed by atoms with Crippen LogP contribution in [0.3, 0.4) is 0 Å². The van der Waals surface area contributed by atoms with Gasteiger partial charge in [-0.3, -0.25) is 10.1 Å². The number of carbonyl (C=O) groups is 1. The molecule has 0 aliphatic rings. The van der Waals surface area contributed by atoms with Crippen LogP contribution in [0.4, 0.5) is 8.78 Å². The first kappa shape index (κ1) is 12.6. The van der Waals surface area contributed by atoms with Crippen molar-refractivity contribution in [1.82, 2.24) is 5.32 Å². The number of benzene rings is 1. The summed E-state index contributed by atoms with van der Waals surface area (Å²) in [5, 5.41) is 11.5. The lowest BCUT2D eigenvalue weighted by atomic mass is 10.1. The van der Waals surface area contributed by atoms with Crippen molar-refractivity contribution in [2.45, 2.75) is 25.9 Å². The Bertz CT molecular complexity index is 405. The van der Waals surface area contributed by atoms with Crippen molar-refractivity contribution in [3.05, 3.63) is 35.4 Å². The van der Waals surface area contributed by atoms with E-state index in [-0.39, 0.29) is 12.1 Å². The van der Waals surface area contributed by atoms with Crippen LogP contribution in [0.25, 0.3) is 0 Å². The van der Waals surface area contributed by atoms with Gasteiger partial charge in [-0.15, -0.1) is 0 Å². The van der Waals surface area contributed by atoms with E-state index in [1.54, 1.807) is 0 Å². The molecular weight excluding hydrogens is 216 g/mol. The molecule has 0 aromatic heterocycles. The fourth-order valence-electron chi connectivity index (χ4n) is 1.06. The summed E-state index contributed by atoms with van der Waals surface area (Å²) < 4.78 is 25.8. The molecule has 0 amide bonds. The molecule has 0 aliphatic carbocycles. The SMILES string of the molecule is CC(C)(NCc1ccc(F)cc1F)C(=O)O. The molecule has 0 spiro atoms. The van der Waals surface area contributed by atoms with Gasteiger partial charge in [0.25, 0.3) is 0 Å². The van der Waals surface area contributed by atoms with Crippen molar-refractivity contribution in [3.8, 4) is 0 Å². The lowest BCUT2D eigenvalue weighted by Gasteiger charge is -2.21. The van der Waals surface area contributed by atoms with Gasteiger partial charge in [-0.2, -0.15) is 0 Å². The zero-order chi connectivity index (χ0) is 12.3. The average Bonchev–Trinajstić information content (AvgIpc) is 2.16. The Hall–Kier alpha value is -1.49. The van der Waals surface area contributed by atoms with Gasteiger partial charge in [-0.1, -0.05) is 6.07 Å². The minimum atomic E-state index is -1.15. The number of aliphatic carboxylic acids is 1. The minimum absolute atomic E-state index is 0.0331. The van der Waals surface area contributed by atoms with Crippen molar-refractivity contribution in [3.63, 3.8) is 0 Å². The van der Waals surface area contributed by atoms with Crippen molar-refractivity contribution >= 4 is 5.97 Å². The molecule has 0 saturated heterocycles. The third-order valence-electron chi connectivity index (χ3n) is 2.27. The number of carboxylic acids is 1. The van der Waals surface area contributed by atoms with E-state index in [4.69, 9.17) is 5.11 Å². The van der Waals surface area contributed by atoms with Crippen LogP contribution < -0.4 is 5.32 Å². The van der Waals surface area contributed by atoms with E-state index >= 15 is 0 Å². The molecule has 0 radical (unpaired) electrons. The van der Waals surface area contributed by atoms with E-state index in [1.807, 2.05) is 0 Å². The Morgan fingerprint density at radius 1 is 1.44 bits per heavy atom. The van der Waals surface area contributed by atoms with Crippen LogP contribution in [0.5, 0.6) is 0 Å². The second kappa shape index (κ2) is 4.57. The molecule has 0 atom stereocenters. The van der Waals surface area contributed by atoms with E-state index in [0.717, 1.165) is 12.1 Å². The smallest absolute Gasteiger partial charge is 0.323 e. The first-order valence-corrected chi connectivity index (χ1v) is 4.75. The molecule has 88 valence electrons. The number of nitrogens with one attached hydrogen (secondary N) is 1. The molecule has 0 heterocycles. The minimum Gasteiger partial charge on any atom is -0.480 e. The maximum absolute atomic E-state index is 13.2. The number of hydrogen-bond donors (Lipinski definition) is 2. The molecule has 2 N–H and O–H groups in total. The van der Waals surface area contributed by atoms with Crippen LogP contribution >= 0.6 is 0 Å². The largest absolute Gasteiger partial charge is 0.480 e. The molecule has 0 saturated carbocycles. The number of halogens is 2. The zero-order valence-corrected chi connectivity index (χ0v) is 9.05.